The van der Waals surface area contributed by atoms with Crippen molar-refractivity contribution in [1.82, 2.24) is 10.0 Å². The van der Waals surface area contributed by atoms with Gasteiger partial charge in [-0.3, -0.25) is 0 Å². The lowest BCUT2D eigenvalue weighted by Crippen LogP contribution is -2.33. The molecule has 6 heteroatoms. The van der Waals surface area contributed by atoms with Crippen molar-refractivity contribution in [2.24, 2.45) is 5.92 Å². The van der Waals surface area contributed by atoms with E-state index in [1.807, 2.05) is 0 Å². The molecular formula is C11H23ClN2O2S. The van der Waals surface area contributed by atoms with Gasteiger partial charge in [-0.25, -0.2) is 13.1 Å². The molecule has 0 saturated carbocycles. The van der Waals surface area contributed by atoms with Crippen LogP contribution >= 0.6 is 12.4 Å². The highest BCUT2D eigenvalue weighted by Crippen LogP contribution is 2.13. The van der Waals surface area contributed by atoms with Crippen LogP contribution in [0.2, 0.25) is 0 Å². The molecule has 0 spiro atoms. The molecule has 1 aliphatic heterocycles. The van der Waals surface area contributed by atoms with Gasteiger partial charge in [0.15, 0.2) is 0 Å². The Morgan fingerprint density at radius 1 is 1.47 bits per heavy atom. The van der Waals surface area contributed by atoms with Crippen molar-refractivity contribution in [2.75, 3.05) is 25.4 Å². The van der Waals surface area contributed by atoms with E-state index in [2.05, 4.69) is 16.6 Å². The molecule has 0 radical (unpaired) electrons. The van der Waals surface area contributed by atoms with E-state index in [1.165, 1.54) is 12.8 Å². The maximum Gasteiger partial charge on any atom is 0.211 e. The van der Waals surface area contributed by atoms with Gasteiger partial charge >= 0.3 is 0 Å². The third-order valence-electron chi connectivity index (χ3n) is 2.86. The van der Waals surface area contributed by atoms with Crippen LogP contribution in [0.15, 0.2) is 12.7 Å². The number of allylic oxidation sites excluding steroid dienone is 1. The Balaban J connectivity index is 0.00000256. The fraction of sp³-hybridized carbons (Fsp3) is 0.818. The van der Waals surface area contributed by atoms with E-state index in [1.54, 1.807) is 6.08 Å². The van der Waals surface area contributed by atoms with Crippen LogP contribution in [-0.4, -0.2) is 33.8 Å². The van der Waals surface area contributed by atoms with Crippen molar-refractivity contribution in [1.29, 1.82) is 0 Å². The van der Waals surface area contributed by atoms with E-state index in [-0.39, 0.29) is 18.2 Å². The summed E-state index contributed by atoms with van der Waals surface area (Å²) < 4.78 is 25.6. The normalized spacial score (nSPS) is 20.6. The minimum Gasteiger partial charge on any atom is -0.316 e. The number of hydrogen-bond acceptors (Lipinski definition) is 3. The second-order valence-corrected chi connectivity index (χ2v) is 6.22. The molecule has 1 unspecified atom stereocenters. The summed E-state index contributed by atoms with van der Waals surface area (Å²) in [7, 11) is -3.09. The average Bonchev–Trinajstić information content (AvgIpc) is 2.28. The highest BCUT2D eigenvalue weighted by molar-refractivity contribution is 7.89. The summed E-state index contributed by atoms with van der Waals surface area (Å²) in [5, 5.41) is 3.33. The lowest BCUT2D eigenvalue weighted by Gasteiger charge is -2.22. The predicted molar refractivity (Wildman–Crippen MR) is 74.1 cm³/mol. The van der Waals surface area contributed by atoms with Crippen LogP contribution in [0.3, 0.4) is 0 Å². The lowest BCUT2D eigenvalue weighted by atomic mass is 9.96. The molecule has 1 saturated heterocycles. The van der Waals surface area contributed by atoms with E-state index in [0.29, 0.717) is 18.9 Å². The maximum absolute atomic E-state index is 11.5. The van der Waals surface area contributed by atoms with Gasteiger partial charge in [0.1, 0.15) is 0 Å². The van der Waals surface area contributed by atoms with Crippen LogP contribution in [0.1, 0.15) is 25.7 Å². The fourth-order valence-electron chi connectivity index (χ4n) is 1.90. The highest BCUT2D eigenvalue weighted by Gasteiger charge is 2.14. The second-order valence-electron chi connectivity index (χ2n) is 4.29. The molecule has 0 bridgehead atoms. The van der Waals surface area contributed by atoms with Crippen LogP contribution in [-0.2, 0) is 10.0 Å². The van der Waals surface area contributed by atoms with Crippen molar-refractivity contribution in [3.05, 3.63) is 12.7 Å². The van der Waals surface area contributed by atoms with Gasteiger partial charge in [-0.1, -0.05) is 6.08 Å². The van der Waals surface area contributed by atoms with Gasteiger partial charge in [-0.05, 0) is 44.7 Å². The molecule has 0 aromatic heterocycles. The van der Waals surface area contributed by atoms with E-state index >= 15 is 0 Å². The van der Waals surface area contributed by atoms with Gasteiger partial charge in [-0.2, -0.15) is 0 Å². The van der Waals surface area contributed by atoms with Crippen LogP contribution in [0.4, 0.5) is 0 Å². The first-order valence-electron chi connectivity index (χ1n) is 5.93. The maximum atomic E-state index is 11.5. The van der Waals surface area contributed by atoms with E-state index in [0.717, 1.165) is 19.5 Å². The Labute approximate surface area is 111 Å². The van der Waals surface area contributed by atoms with Crippen LogP contribution in [0.5, 0.6) is 0 Å². The monoisotopic (exact) mass is 282 g/mol. The number of halogens is 1. The molecular weight excluding hydrogens is 260 g/mol. The summed E-state index contributed by atoms with van der Waals surface area (Å²) >= 11 is 0. The quantitative estimate of drug-likeness (QED) is 0.692. The van der Waals surface area contributed by atoms with E-state index in [9.17, 15) is 8.42 Å². The van der Waals surface area contributed by atoms with Gasteiger partial charge in [0, 0.05) is 6.54 Å². The summed E-state index contributed by atoms with van der Waals surface area (Å²) in [6.45, 7) is 6.20. The molecule has 17 heavy (non-hydrogen) atoms. The molecule has 1 atom stereocenters. The third-order valence-corrected chi connectivity index (χ3v) is 4.28. The first-order chi connectivity index (χ1) is 7.64. The highest BCUT2D eigenvalue weighted by atomic mass is 35.5. The molecule has 0 aromatic rings. The topological polar surface area (TPSA) is 58.2 Å². The van der Waals surface area contributed by atoms with Crippen LogP contribution in [0.25, 0.3) is 0 Å². The van der Waals surface area contributed by atoms with E-state index < -0.39 is 10.0 Å². The zero-order valence-electron chi connectivity index (χ0n) is 10.2. The first kappa shape index (κ1) is 16.9. The predicted octanol–water partition coefficient (Wildman–Crippen LogP) is 1.29. The van der Waals surface area contributed by atoms with E-state index in [4.69, 9.17) is 0 Å². The van der Waals surface area contributed by atoms with Gasteiger partial charge < -0.3 is 5.32 Å². The van der Waals surface area contributed by atoms with Crippen molar-refractivity contribution in [2.45, 2.75) is 25.7 Å². The number of nitrogens with one attached hydrogen (secondary N) is 2. The number of rotatable bonds is 7. The average molecular weight is 283 g/mol. The molecule has 1 fully saturated rings. The number of piperidine rings is 1. The summed E-state index contributed by atoms with van der Waals surface area (Å²) in [5.41, 5.74) is 0. The summed E-state index contributed by atoms with van der Waals surface area (Å²) in [6, 6.07) is 0. The van der Waals surface area contributed by atoms with Gasteiger partial charge in [0.05, 0.1) is 5.75 Å². The zero-order valence-corrected chi connectivity index (χ0v) is 11.8. The molecule has 0 amide bonds. The first-order valence-corrected chi connectivity index (χ1v) is 7.58. The molecule has 4 nitrogen and oxygen atoms in total. The Bertz CT molecular complexity index is 301. The Morgan fingerprint density at radius 2 is 2.24 bits per heavy atom. The molecule has 1 rings (SSSR count). The third kappa shape index (κ3) is 7.76. The molecule has 102 valence electrons. The minimum absolute atomic E-state index is 0. The Hall–Kier alpha value is -0.100. The molecule has 0 aromatic carbocycles. The van der Waals surface area contributed by atoms with Crippen molar-refractivity contribution < 1.29 is 8.42 Å². The summed E-state index contributed by atoms with van der Waals surface area (Å²) in [6.07, 6.45) is 5.49. The standard InChI is InChI=1S/C11H22N2O2S.ClH/c1-2-3-9-16(14,15)13-8-6-11-5-4-7-12-10-11;/h2,11-13H,1,3-10H2;1H. The molecule has 2 N–H and O–H groups in total. The SMILES string of the molecule is C=CCCS(=O)(=O)NCCC1CCCNC1.Cl. The largest absolute Gasteiger partial charge is 0.316 e. The number of hydrogen-bond donors (Lipinski definition) is 2. The molecule has 0 aliphatic carbocycles. The Kier molecular flexibility index (Phi) is 8.86. The zero-order chi connectivity index (χ0) is 11.9. The Morgan fingerprint density at radius 3 is 2.82 bits per heavy atom. The van der Waals surface area contributed by atoms with Crippen molar-refractivity contribution >= 4 is 22.4 Å². The minimum atomic E-state index is -3.09. The van der Waals surface area contributed by atoms with Gasteiger partial charge in [0.25, 0.3) is 0 Å². The second kappa shape index (κ2) is 8.91. The van der Waals surface area contributed by atoms with Crippen LogP contribution < -0.4 is 10.0 Å². The summed E-state index contributed by atoms with van der Waals surface area (Å²) in [4.78, 5) is 0. The molecule has 1 aliphatic rings. The van der Waals surface area contributed by atoms with Crippen LogP contribution in [0, 0.1) is 5.92 Å². The van der Waals surface area contributed by atoms with Crippen molar-refractivity contribution in [3.63, 3.8) is 0 Å². The van der Waals surface area contributed by atoms with Gasteiger partial charge in [-0.15, -0.1) is 19.0 Å². The lowest BCUT2D eigenvalue weighted by molar-refractivity contribution is 0.358. The fourth-order valence-corrected chi connectivity index (χ4v) is 2.95. The number of sulfonamides is 1. The van der Waals surface area contributed by atoms with Crippen molar-refractivity contribution in [3.8, 4) is 0 Å². The summed E-state index contributed by atoms with van der Waals surface area (Å²) in [5.74, 6) is 0.773. The smallest absolute Gasteiger partial charge is 0.211 e. The van der Waals surface area contributed by atoms with Gasteiger partial charge in [0.2, 0.25) is 10.0 Å². The molecule has 1 heterocycles.